The molecule has 152 valence electrons. The van der Waals surface area contributed by atoms with Gasteiger partial charge in [-0.1, -0.05) is 107 Å². The van der Waals surface area contributed by atoms with Gasteiger partial charge in [-0.15, -0.1) is 0 Å². The van der Waals surface area contributed by atoms with Gasteiger partial charge in [-0.2, -0.15) is 0 Å². The number of rotatable bonds is 15. The van der Waals surface area contributed by atoms with Crippen molar-refractivity contribution >= 4 is 17.7 Å². The lowest BCUT2D eigenvalue weighted by molar-refractivity contribution is 0.245. The van der Waals surface area contributed by atoms with Crippen LogP contribution in [0, 0.1) is 6.92 Å². The van der Waals surface area contributed by atoms with Crippen LogP contribution in [0.25, 0.3) is 0 Å². The van der Waals surface area contributed by atoms with E-state index in [9.17, 15) is 9.79 Å². The van der Waals surface area contributed by atoms with Gasteiger partial charge in [-0.3, -0.25) is 0 Å². The summed E-state index contributed by atoms with van der Waals surface area (Å²) in [5.74, 6) is 0. The zero-order valence-electron chi connectivity index (χ0n) is 16.7. The first-order chi connectivity index (χ1) is 12.5. The fraction of sp³-hybridized carbons (Fsp3) is 0.714. The van der Waals surface area contributed by atoms with Gasteiger partial charge in [0, 0.05) is 4.90 Å². The van der Waals surface area contributed by atoms with Crippen LogP contribution in [0.3, 0.4) is 0 Å². The first-order valence-electron chi connectivity index (χ1n) is 10.3. The molecule has 1 rings (SSSR count). The van der Waals surface area contributed by atoms with E-state index in [4.69, 9.17) is 4.52 Å². The van der Waals surface area contributed by atoms with E-state index in [0.717, 1.165) is 23.3 Å². The molecule has 0 radical (unpaired) electrons. The van der Waals surface area contributed by atoms with Crippen LogP contribution in [0.15, 0.2) is 29.2 Å². The van der Waals surface area contributed by atoms with Crippen LogP contribution in [-0.4, -0.2) is 16.4 Å². The molecular formula is C21H39O3PS. The van der Waals surface area contributed by atoms with E-state index in [1.165, 1.54) is 64.2 Å². The topological polar surface area (TPSA) is 49.7 Å². The van der Waals surface area contributed by atoms with Gasteiger partial charge < -0.3 is 14.3 Å². The van der Waals surface area contributed by atoms with E-state index < -0.39 is 6.72 Å². The highest BCUT2D eigenvalue weighted by Gasteiger charge is 2.10. The van der Waals surface area contributed by atoms with Gasteiger partial charge >= 0.3 is 0 Å². The third-order valence-corrected chi connectivity index (χ3v) is 7.90. The second kappa shape index (κ2) is 14.9. The van der Waals surface area contributed by atoms with Gasteiger partial charge in [0.1, 0.15) is 0 Å². The Kier molecular flexibility index (Phi) is 13.7. The lowest BCUT2D eigenvalue weighted by Gasteiger charge is -2.13. The smallest absolute Gasteiger partial charge is 0.281 e. The van der Waals surface area contributed by atoms with Gasteiger partial charge in [-0.25, -0.2) is 0 Å². The third-order valence-electron chi connectivity index (χ3n) is 4.62. The summed E-state index contributed by atoms with van der Waals surface area (Å²) in [6.07, 6.45) is 15.5. The lowest BCUT2D eigenvalue weighted by atomic mass is 10.1. The Morgan fingerprint density at radius 3 is 1.85 bits per heavy atom. The molecule has 0 spiro atoms. The van der Waals surface area contributed by atoms with Crippen molar-refractivity contribution in [1.29, 1.82) is 0 Å². The maximum absolute atomic E-state index is 10.1. The number of benzene rings is 1. The van der Waals surface area contributed by atoms with Crippen LogP contribution >= 0.6 is 6.72 Å². The van der Waals surface area contributed by atoms with E-state index in [0.29, 0.717) is 17.5 Å². The normalized spacial score (nSPS) is 11.8. The summed E-state index contributed by atoms with van der Waals surface area (Å²) in [6, 6.07) is 7.77. The molecular weight excluding hydrogens is 363 g/mol. The van der Waals surface area contributed by atoms with Crippen molar-refractivity contribution in [2.45, 2.75) is 95.8 Å². The summed E-state index contributed by atoms with van der Waals surface area (Å²) >= 11 is 0. The molecule has 0 aliphatic heterocycles. The van der Waals surface area contributed by atoms with Gasteiger partial charge in [0.05, 0.1) is 6.61 Å². The average Bonchev–Trinajstić information content (AvgIpc) is 2.61. The predicted molar refractivity (Wildman–Crippen MR) is 117 cm³/mol. The molecule has 1 aromatic rings. The quantitative estimate of drug-likeness (QED) is 0.177. The first-order valence-corrected chi connectivity index (χ1v) is 13.5. The van der Waals surface area contributed by atoms with Crippen LogP contribution in [0.5, 0.6) is 0 Å². The second-order valence-corrected chi connectivity index (χ2v) is 11.3. The average molecular weight is 403 g/mol. The molecule has 5 heteroatoms. The minimum absolute atomic E-state index is 0.442. The molecule has 0 aliphatic carbocycles. The van der Waals surface area contributed by atoms with Gasteiger partial charge in [0.2, 0.25) is 0 Å². The number of unbranched alkanes of at least 4 members (excludes halogenated alkanes) is 11. The molecule has 26 heavy (non-hydrogen) atoms. The molecule has 0 aromatic heterocycles. The van der Waals surface area contributed by atoms with E-state index >= 15 is 0 Å². The molecule has 3 nitrogen and oxygen atoms in total. The van der Waals surface area contributed by atoms with E-state index in [1.807, 2.05) is 31.2 Å². The van der Waals surface area contributed by atoms with E-state index in [1.54, 1.807) is 0 Å². The molecule has 2 N–H and O–H groups in total. The highest BCUT2D eigenvalue weighted by molar-refractivity contribution is 8.16. The summed E-state index contributed by atoms with van der Waals surface area (Å²) in [7, 11) is 0.499. The Morgan fingerprint density at radius 2 is 1.31 bits per heavy atom. The summed E-state index contributed by atoms with van der Waals surface area (Å²) in [5.41, 5.74) is 1.07. The largest absolute Gasteiger partial charge is 0.328 e. The van der Waals surface area contributed by atoms with Crippen molar-refractivity contribution in [3.8, 4) is 0 Å². The van der Waals surface area contributed by atoms with Crippen molar-refractivity contribution in [2.75, 3.05) is 6.61 Å². The molecule has 0 atom stereocenters. The molecule has 0 fully saturated rings. The van der Waals surface area contributed by atoms with Crippen molar-refractivity contribution < 1.29 is 14.3 Å². The highest BCUT2D eigenvalue weighted by atomic mass is 32.5. The molecule has 0 saturated carbocycles. The molecule has 0 amide bonds. The van der Waals surface area contributed by atoms with E-state index in [-0.39, 0.29) is 0 Å². The van der Waals surface area contributed by atoms with Crippen molar-refractivity contribution in [3.63, 3.8) is 0 Å². The summed E-state index contributed by atoms with van der Waals surface area (Å²) < 4.78 is 5.39. The first kappa shape index (κ1) is 23.9. The van der Waals surface area contributed by atoms with E-state index in [2.05, 4.69) is 6.92 Å². The Hall–Kier alpha value is -0.120. The van der Waals surface area contributed by atoms with Gasteiger partial charge in [0.25, 0.3) is 6.72 Å². The van der Waals surface area contributed by atoms with Crippen LogP contribution in [-0.2, 0) is 15.5 Å². The molecule has 0 aliphatic rings. The highest BCUT2D eigenvalue weighted by Crippen LogP contribution is 2.41. The maximum Gasteiger partial charge on any atom is 0.281 e. The summed E-state index contributed by atoms with van der Waals surface area (Å²) in [6.45, 7) is 1.38. The maximum atomic E-state index is 10.1. The lowest BCUT2D eigenvalue weighted by Crippen LogP contribution is -1.95. The number of thiol groups is 1. The molecule has 0 bridgehead atoms. The standard InChI is InChI=1S/C21H39O3PS/c1-3-4-5-6-7-8-9-10-11-12-13-16-19-24-25(22,23)26-21-18-15-14-17-20(21)2/h14-15,17-18,22-23,26H,3-13,16,19H2,1-2H3. The Balaban J connectivity index is 2.02. The summed E-state index contributed by atoms with van der Waals surface area (Å²) in [4.78, 5) is 21.1. The van der Waals surface area contributed by atoms with Gasteiger partial charge in [0.15, 0.2) is 0 Å². The van der Waals surface area contributed by atoms with Crippen molar-refractivity contribution in [3.05, 3.63) is 29.8 Å². The zero-order valence-corrected chi connectivity index (χ0v) is 18.5. The zero-order chi connectivity index (χ0) is 19.1. The monoisotopic (exact) mass is 402 g/mol. The minimum atomic E-state index is -3.30. The Bertz CT molecular complexity index is 528. The fourth-order valence-electron chi connectivity index (χ4n) is 2.97. The Labute approximate surface area is 164 Å². The third kappa shape index (κ3) is 12.3. The molecule has 1 aromatic carbocycles. The molecule has 0 unspecified atom stereocenters. The molecule has 0 heterocycles. The summed E-state index contributed by atoms with van der Waals surface area (Å²) in [5, 5.41) is 0. The number of hydrogen-bond acceptors (Lipinski definition) is 1. The van der Waals surface area contributed by atoms with Crippen LogP contribution in [0.1, 0.15) is 89.5 Å². The van der Waals surface area contributed by atoms with Crippen LogP contribution in [0.4, 0.5) is 0 Å². The fourth-order valence-corrected chi connectivity index (χ4v) is 6.01. The van der Waals surface area contributed by atoms with Crippen molar-refractivity contribution in [2.24, 2.45) is 0 Å². The number of hydrogen-bond donors (Lipinski definition) is 3. The number of aryl methyl sites for hydroxylation is 1. The van der Waals surface area contributed by atoms with Crippen LogP contribution in [0.2, 0.25) is 0 Å². The van der Waals surface area contributed by atoms with Crippen molar-refractivity contribution in [1.82, 2.24) is 0 Å². The second-order valence-electron chi connectivity index (χ2n) is 7.12. The Morgan fingerprint density at radius 1 is 0.808 bits per heavy atom. The van der Waals surface area contributed by atoms with Gasteiger partial charge in [-0.05, 0) is 25.0 Å². The predicted octanol–water partition coefficient (Wildman–Crippen LogP) is 6.55. The minimum Gasteiger partial charge on any atom is -0.328 e. The molecule has 0 saturated heterocycles. The van der Waals surface area contributed by atoms with Crippen LogP contribution < -0.4 is 0 Å². The SMILES string of the molecule is CCCCCCCCCCCCCCOP(O)(O)=[SH]c1ccccc1C.